The summed E-state index contributed by atoms with van der Waals surface area (Å²) in [6, 6.07) is 6.04. The standard InChI is InChI=1S/C15H25N3O/c1-12-5-4-6-14(17-12)16-9-13-7-8-18(10-13)11-15(2,3)19/h4-6,13,19H,7-11H2,1-3H3,(H,16,17). The van der Waals surface area contributed by atoms with Gasteiger partial charge in [-0.15, -0.1) is 0 Å². The summed E-state index contributed by atoms with van der Waals surface area (Å²) in [6.45, 7) is 9.60. The first-order valence-corrected chi connectivity index (χ1v) is 7.05. The van der Waals surface area contributed by atoms with Gasteiger partial charge in [-0.1, -0.05) is 6.07 Å². The van der Waals surface area contributed by atoms with Crippen LogP contribution in [0.1, 0.15) is 26.0 Å². The molecule has 106 valence electrons. The van der Waals surface area contributed by atoms with Gasteiger partial charge in [0.25, 0.3) is 0 Å². The smallest absolute Gasteiger partial charge is 0.126 e. The van der Waals surface area contributed by atoms with Gasteiger partial charge in [-0.25, -0.2) is 4.98 Å². The van der Waals surface area contributed by atoms with Crippen molar-refractivity contribution in [1.82, 2.24) is 9.88 Å². The van der Waals surface area contributed by atoms with Crippen LogP contribution in [0.25, 0.3) is 0 Å². The number of aliphatic hydroxyl groups is 1. The maximum absolute atomic E-state index is 9.84. The van der Waals surface area contributed by atoms with Crippen molar-refractivity contribution in [2.45, 2.75) is 32.8 Å². The average molecular weight is 263 g/mol. The van der Waals surface area contributed by atoms with E-state index in [-0.39, 0.29) is 0 Å². The number of aromatic nitrogens is 1. The molecule has 0 radical (unpaired) electrons. The Bertz CT molecular complexity index is 414. The molecule has 1 aliphatic heterocycles. The van der Waals surface area contributed by atoms with Crippen LogP contribution in [0.15, 0.2) is 18.2 Å². The number of anilines is 1. The van der Waals surface area contributed by atoms with Crippen molar-refractivity contribution in [2.24, 2.45) is 5.92 Å². The topological polar surface area (TPSA) is 48.4 Å². The zero-order valence-electron chi connectivity index (χ0n) is 12.2. The van der Waals surface area contributed by atoms with E-state index < -0.39 is 5.60 Å². The summed E-state index contributed by atoms with van der Waals surface area (Å²) in [5, 5.41) is 13.2. The molecule has 1 unspecified atom stereocenters. The second-order valence-corrected chi connectivity index (χ2v) is 6.25. The van der Waals surface area contributed by atoms with E-state index in [9.17, 15) is 5.11 Å². The van der Waals surface area contributed by atoms with Gasteiger partial charge >= 0.3 is 0 Å². The van der Waals surface area contributed by atoms with E-state index in [1.807, 2.05) is 39.0 Å². The summed E-state index contributed by atoms with van der Waals surface area (Å²) in [5.74, 6) is 1.60. The highest BCUT2D eigenvalue weighted by Crippen LogP contribution is 2.19. The third kappa shape index (κ3) is 4.80. The van der Waals surface area contributed by atoms with Crippen molar-refractivity contribution >= 4 is 5.82 Å². The van der Waals surface area contributed by atoms with E-state index in [1.165, 1.54) is 6.42 Å². The Morgan fingerprint density at radius 1 is 1.47 bits per heavy atom. The summed E-state index contributed by atoms with van der Waals surface area (Å²) in [7, 11) is 0. The van der Waals surface area contributed by atoms with Crippen molar-refractivity contribution in [3.8, 4) is 0 Å². The second-order valence-electron chi connectivity index (χ2n) is 6.25. The Morgan fingerprint density at radius 3 is 2.95 bits per heavy atom. The minimum Gasteiger partial charge on any atom is -0.389 e. The highest BCUT2D eigenvalue weighted by atomic mass is 16.3. The van der Waals surface area contributed by atoms with Gasteiger partial charge in [0.15, 0.2) is 0 Å². The number of pyridine rings is 1. The lowest BCUT2D eigenvalue weighted by Crippen LogP contribution is -2.37. The minimum atomic E-state index is -0.597. The van der Waals surface area contributed by atoms with E-state index >= 15 is 0 Å². The van der Waals surface area contributed by atoms with E-state index in [4.69, 9.17) is 0 Å². The lowest BCUT2D eigenvalue weighted by atomic mass is 10.1. The second kappa shape index (κ2) is 5.88. The average Bonchev–Trinajstić information content (AvgIpc) is 2.72. The number of β-amino-alcohol motifs (C(OH)–C–C–N with tert-alkyl or cyclic N) is 1. The first-order valence-electron chi connectivity index (χ1n) is 7.05. The molecule has 4 heteroatoms. The first kappa shape index (κ1) is 14.3. The van der Waals surface area contributed by atoms with Crippen LogP contribution in [0.3, 0.4) is 0 Å². The van der Waals surface area contributed by atoms with Gasteiger partial charge in [-0.3, -0.25) is 0 Å². The predicted octanol–water partition coefficient (Wildman–Crippen LogP) is 1.89. The van der Waals surface area contributed by atoms with Gasteiger partial charge in [0, 0.05) is 25.3 Å². The third-order valence-electron chi connectivity index (χ3n) is 3.44. The number of nitrogens with one attached hydrogen (secondary N) is 1. The van der Waals surface area contributed by atoms with Gasteiger partial charge in [-0.05, 0) is 51.8 Å². The van der Waals surface area contributed by atoms with Crippen LogP contribution < -0.4 is 5.32 Å². The normalized spacial score (nSPS) is 20.7. The number of rotatable bonds is 5. The van der Waals surface area contributed by atoms with Crippen molar-refractivity contribution in [2.75, 3.05) is 31.5 Å². The molecule has 2 heterocycles. The fraction of sp³-hybridized carbons (Fsp3) is 0.667. The molecule has 1 aromatic rings. The highest BCUT2D eigenvalue weighted by molar-refractivity contribution is 5.35. The SMILES string of the molecule is Cc1cccc(NCC2CCN(CC(C)(C)O)C2)n1. The van der Waals surface area contributed by atoms with Crippen molar-refractivity contribution in [3.05, 3.63) is 23.9 Å². The first-order chi connectivity index (χ1) is 8.92. The molecule has 0 saturated carbocycles. The Hall–Kier alpha value is -1.13. The number of nitrogens with zero attached hydrogens (tertiary/aromatic N) is 2. The van der Waals surface area contributed by atoms with Crippen LogP contribution in [-0.4, -0.2) is 46.8 Å². The van der Waals surface area contributed by atoms with E-state index in [1.54, 1.807) is 0 Å². The Labute approximate surface area is 115 Å². The lowest BCUT2D eigenvalue weighted by Gasteiger charge is -2.25. The molecule has 19 heavy (non-hydrogen) atoms. The number of likely N-dealkylation sites (tertiary alicyclic amines) is 1. The number of hydrogen-bond acceptors (Lipinski definition) is 4. The maximum atomic E-state index is 9.84. The molecule has 1 fully saturated rings. The van der Waals surface area contributed by atoms with Crippen molar-refractivity contribution < 1.29 is 5.11 Å². The molecule has 1 atom stereocenters. The molecule has 4 nitrogen and oxygen atoms in total. The van der Waals surface area contributed by atoms with E-state index in [2.05, 4.69) is 15.2 Å². The fourth-order valence-corrected chi connectivity index (χ4v) is 2.66. The van der Waals surface area contributed by atoms with Gasteiger partial charge < -0.3 is 15.3 Å². The molecular formula is C15H25N3O. The third-order valence-corrected chi connectivity index (χ3v) is 3.44. The zero-order valence-corrected chi connectivity index (χ0v) is 12.2. The summed E-state index contributed by atoms with van der Waals surface area (Å²) < 4.78 is 0. The Morgan fingerprint density at radius 2 is 2.26 bits per heavy atom. The number of hydrogen-bond donors (Lipinski definition) is 2. The molecule has 0 amide bonds. The molecule has 1 aliphatic rings. The molecule has 1 saturated heterocycles. The maximum Gasteiger partial charge on any atom is 0.126 e. The van der Waals surface area contributed by atoms with Crippen LogP contribution in [0.4, 0.5) is 5.82 Å². The summed E-state index contributed by atoms with van der Waals surface area (Å²) >= 11 is 0. The molecule has 1 aromatic heterocycles. The largest absolute Gasteiger partial charge is 0.389 e. The molecule has 0 aliphatic carbocycles. The highest BCUT2D eigenvalue weighted by Gasteiger charge is 2.26. The Kier molecular flexibility index (Phi) is 4.42. The zero-order chi connectivity index (χ0) is 13.9. The number of aryl methyl sites for hydroxylation is 1. The molecule has 0 spiro atoms. The quantitative estimate of drug-likeness (QED) is 0.852. The Balaban J connectivity index is 1.76. The van der Waals surface area contributed by atoms with Crippen LogP contribution in [0.2, 0.25) is 0 Å². The van der Waals surface area contributed by atoms with E-state index in [0.717, 1.165) is 37.7 Å². The molecule has 0 aromatic carbocycles. The van der Waals surface area contributed by atoms with Crippen LogP contribution >= 0.6 is 0 Å². The summed E-state index contributed by atoms with van der Waals surface area (Å²) in [4.78, 5) is 6.79. The lowest BCUT2D eigenvalue weighted by molar-refractivity contribution is 0.0429. The minimum absolute atomic E-state index is 0.597. The van der Waals surface area contributed by atoms with Crippen molar-refractivity contribution in [1.29, 1.82) is 0 Å². The fourth-order valence-electron chi connectivity index (χ4n) is 2.66. The van der Waals surface area contributed by atoms with Gasteiger partial charge in [0.1, 0.15) is 5.82 Å². The van der Waals surface area contributed by atoms with Gasteiger partial charge in [0.05, 0.1) is 5.60 Å². The molecule has 2 N–H and O–H groups in total. The molecular weight excluding hydrogens is 238 g/mol. The summed E-state index contributed by atoms with van der Waals surface area (Å²) in [6.07, 6.45) is 1.19. The molecule has 2 rings (SSSR count). The van der Waals surface area contributed by atoms with Gasteiger partial charge in [-0.2, -0.15) is 0 Å². The van der Waals surface area contributed by atoms with Crippen LogP contribution in [0, 0.1) is 12.8 Å². The monoisotopic (exact) mass is 263 g/mol. The van der Waals surface area contributed by atoms with Gasteiger partial charge in [0.2, 0.25) is 0 Å². The summed E-state index contributed by atoms with van der Waals surface area (Å²) in [5.41, 5.74) is 0.445. The van der Waals surface area contributed by atoms with E-state index in [0.29, 0.717) is 5.92 Å². The van der Waals surface area contributed by atoms with Crippen LogP contribution in [-0.2, 0) is 0 Å². The predicted molar refractivity (Wildman–Crippen MR) is 78.3 cm³/mol. The van der Waals surface area contributed by atoms with Crippen molar-refractivity contribution in [3.63, 3.8) is 0 Å². The van der Waals surface area contributed by atoms with Crippen LogP contribution in [0.5, 0.6) is 0 Å². The molecule has 0 bridgehead atoms.